The van der Waals surface area contributed by atoms with E-state index in [1.165, 1.54) is 0 Å². The highest BCUT2D eigenvalue weighted by molar-refractivity contribution is 7.89. The van der Waals surface area contributed by atoms with Gasteiger partial charge in [0, 0.05) is 24.7 Å². The molecule has 0 saturated carbocycles. The third-order valence-corrected chi connectivity index (χ3v) is 5.18. The summed E-state index contributed by atoms with van der Waals surface area (Å²) in [5.41, 5.74) is 2.64. The summed E-state index contributed by atoms with van der Waals surface area (Å²) in [7, 11) is -3.57. The van der Waals surface area contributed by atoms with Gasteiger partial charge in [0.05, 0.1) is 5.52 Å². The molecule has 1 aliphatic rings. The number of benzene rings is 1. The molecule has 2 N–H and O–H groups in total. The maximum atomic E-state index is 12.6. The van der Waals surface area contributed by atoms with Crippen LogP contribution in [0.4, 0.5) is 0 Å². The quantitative estimate of drug-likeness (QED) is 0.843. The zero-order chi connectivity index (χ0) is 15.6. The highest BCUT2D eigenvalue weighted by Crippen LogP contribution is 2.21. The van der Waals surface area contributed by atoms with E-state index in [2.05, 4.69) is 15.0 Å². The number of hydrogen-bond donors (Lipinski definition) is 2. The predicted octanol–water partition coefficient (Wildman–Crippen LogP) is 1.74. The number of nitrogens with one attached hydrogen (secondary N) is 2. The van der Waals surface area contributed by atoms with Gasteiger partial charge in [-0.15, -0.1) is 0 Å². The van der Waals surface area contributed by atoms with E-state index in [0.717, 1.165) is 36.0 Å². The van der Waals surface area contributed by atoms with Crippen LogP contribution in [0.2, 0.25) is 0 Å². The first-order valence-corrected chi connectivity index (χ1v) is 8.78. The second kappa shape index (κ2) is 6.16. The molecule has 0 unspecified atom stereocenters. The molecule has 0 bridgehead atoms. The molecule has 0 radical (unpaired) electrons. The van der Waals surface area contributed by atoms with Crippen molar-refractivity contribution in [2.45, 2.75) is 18.2 Å². The fraction of sp³-hybridized carbons (Fsp3) is 0.312. The molecular formula is C16H19N3O2S. The number of para-hydroxylation sites is 1. The number of fused-ring (bicyclic) bond motifs is 1. The molecule has 1 aromatic carbocycles. The summed E-state index contributed by atoms with van der Waals surface area (Å²) in [6, 6.07) is 7.17. The molecule has 0 saturated heterocycles. The summed E-state index contributed by atoms with van der Waals surface area (Å²) in [6.45, 7) is 3.98. The molecule has 3 rings (SSSR count). The minimum absolute atomic E-state index is 0.236. The Bertz CT molecular complexity index is 828. The molecule has 2 aromatic rings. The summed E-state index contributed by atoms with van der Waals surface area (Å²) in [5.74, 6) is 0. The number of aryl methyl sites for hydroxylation is 1. The van der Waals surface area contributed by atoms with Gasteiger partial charge in [0.2, 0.25) is 10.0 Å². The van der Waals surface area contributed by atoms with Gasteiger partial charge in [-0.25, -0.2) is 13.1 Å². The van der Waals surface area contributed by atoms with E-state index in [-0.39, 0.29) is 4.90 Å². The molecule has 0 amide bonds. The normalized spacial score (nSPS) is 15.8. The van der Waals surface area contributed by atoms with Crippen molar-refractivity contribution in [3.05, 3.63) is 47.7 Å². The minimum atomic E-state index is -3.57. The van der Waals surface area contributed by atoms with E-state index in [9.17, 15) is 8.42 Å². The van der Waals surface area contributed by atoms with Gasteiger partial charge in [-0.2, -0.15) is 0 Å². The van der Waals surface area contributed by atoms with Crippen LogP contribution in [-0.4, -0.2) is 33.0 Å². The number of pyridine rings is 1. The third-order valence-electron chi connectivity index (χ3n) is 3.75. The minimum Gasteiger partial charge on any atom is -0.313 e. The Labute approximate surface area is 130 Å². The lowest BCUT2D eigenvalue weighted by Gasteiger charge is -2.15. The Balaban J connectivity index is 1.90. The van der Waals surface area contributed by atoms with Crippen molar-refractivity contribution in [2.24, 2.45) is 0 Å². The van der Waals surface area contributed by atoms with E-state index < -0.39 is 10.0 Å². The van der Waals surface area contributed by atoms with Crippen LogP contribution in [0.15, 0.2) is 47.0 Å². The maximum Gasteiger partial charge on any atom is 0.243 e. The van der Waals surface area contributed by atoms with Gasteiger partial charge in [-0.3, -0.25) is 4.98 Å². The van der Waals surface area contributed by atoms with Crippen LogP contribution >= 0.6 is 0 Å². The SMILES string of the molecule is Cc1cnc2c(S(=O)(=O)NCC3=CCNCC3)cccc2c1. The van der Waals surface area contributed by atoms with Crippen molar-refractivity contribution >= 4 is 20.9 Å². The van der Waals surface area contributed by atoms with Gasteiger partial charge < -0.3 is 5.32 Å². The summed E-state index contributed by atoms with van der Waals surface area (Å²) in [5, 5.41) is 4.05. The van der Waals surface area contributed by atoms with Crippen LogP contribution in [0.25, 0.3) is 10.9 Å². The zero-order valence-corrected chi connectivity index (χ0v) is 13.3. The summed E-state index contributed by atoms with van der Waals surface area (Å²) in [4.78, 5) is 4.53. The van der Waals surface area contributed by atoms with Gasteiger partial charge in [-0.1, -0.05) is 23.8 Å². The topological polar surface area (TPSA) is 71.1 Å². The van der Waals surface area contributed by atoms with E-state index in [4.69, 9.17) is 0 Å². The molecule has 6 heteroatoms. The molecular weight excluding hydrogens is 298 g/mol. The average Bonchev–Trinajstić information content (AvgIpc) is 2.53. The number of sulfonamides is 1. The first-order valence-electron chi connectivity index (χ1n) is 7.30. The molecule has 5 nitrogen and oxygen atoms in total. The Morgan fingerprint density at radius 1 is 1.36 bits per heavy atom. The molecule has 0 fully saturated rings. The first kappa shape index (κ1) is 15.1. The average molecular weight is 317 g/mol. The van der Waals surface area contributed by atoms with E-state index in [0.29, 0.717) is 12.1 Å². The van der Waals surface area contributed by atoms with Crippen molar-refractivity contribution in [2.75, 3.05) is 19.6 Å². The maximum absolute atomic E-state index is 12.6. The monoisotopic (exact) mass is 317 g/mol. The number of aromatic nitrogens is 1. The molecule has 22 heavy (non-hydrogen) atoms. The van der Waals surface area contributed by atoms with Crippen LogP contribution < -0.4 is 10.0 Å². The summed E-state index contributed by atoms with van der Waals surface area (Å²) < 4.78 is 27.8. The lowest BCUT2D eigenvalue weighted by molar-refractivity contribution is 0.583. The fourth-order valence-corrected chi connectivity index (χ4v) is 3.77. The number of rotatable bonds is 4. The van der Waals surface area contributed by atoms with Crippen molar-refractivity contribution in [1.82, 2.24) is 15.0 Å². The first-order chi connectivity index (χ1) is 10.6. The molecule has 1 aromatic heterocycles. The van der Waals surface area contributed by atoms with Gasteiger partial charge >= 0.3 is 0 Å². The lowest BCUT2D eigenvalue weighted by atomic mass is 10.1. The highest BCUT2D eigenvalue weighted by atomic mass is 32.2. The molecule has 0 aliphatic carbocycles. The van der Waals surface area contributed by atoms with Crippen molar-refractivity contribution in [1.29, 1.82) is 0 Å². The predicted molar refractivity (Wildman–Crippen MR) is 87.2 cm³/mol. The van der Waals surface area contributed by atoms with Crippen LogP contribution in [-0.2, 0) is 10.0 Å². The van der Waals surface area contributed by atoms with E-state index in [1.807, 2.05) is 25.1 Å². The summed E-state index contributed by atoms with van der Waals surface area (Å²) >= 11 is 0. The second-order valence-electron chi connectivity index (χ2n) is 5.48. The van der Waals surface area contributed by atoms with Crippen molar-refractivity contribution in [3.63, 3.8) is 0 Å². The molecule has 116 valence electrons. The van der Waals surface area contributed by atoms with Gasteiger partial charge in [-0.05, 0) is 37.6 Å². The molecule has 0 spiro atoms. The standard InChI is InChI=1S/C16H19N3O2S/c1-12-9-14-3-2-4-15(16(14)18-10-12)22(20,21)19-11-13-5-7-17-8-6-13/h2-5,9-10,17,19H,6-8,11H2,1H3. The van der Waals surface area contributed by atoms with Gasteiger partial charge in [0.15, 0.2) is 0 Å². The third kappa shape index (κ3) is 3.19. The largest absolute Gasteiger partial charge is 0.313 e. The van der Waals surface area contributed by atoms with Crippen molar-refractivity contribution < 1.29 is 8.42 Å². The zero-order valence-electron chi connectivity index (χ0n) is 12.5. The fourth-order valence-electron chi connectivity index (χ4n) is 2.56. The molecule has 1 aliphatic heterocycles. The van der Waals surface area contributed by atoms with E-state index >= 15 is 0 Å². The van der Waals surface area contributed by atoms with Gasteiger partial charge in [0.1, 0.15) is 4.90 Å². The number of hydrogen-bond acceptors (Lipinski definition) is 4. The van der Waals surface area contributed by atoms with Crippen molar-refractivity contribution in [3.8, 4) is 0 Å². The van der Waals surface area contributed by atoms with Crippen LogP contribution in [0, 0.1) is 6.92 Å². The lowest BCUT2D eigenvalue weighted by Crippen LogP contribution is -2.29. The Morgan fingerprint density at radius 3 is 3.00 bits per heavy atom. The van der Waals surface area contributed by atoms with E-state index in [1.54, 1.807) is 18.3 Å². The smallest absolute Gasteiger partial charge is 0.243 e. The summed E-state index contributed by atoms with van der Waals surface area (Å²) in [6.07, 6.45) is 4.60. The number of nitrogens with zero attached hydrogens (tertiary/aromatic N) is 1. The van der Waals surface area contributed by atoms with Crippen LogP contribution in [0.1, 0.15) is 12.0 Å². The molecule has 0 atom stereocenters. The Kier molecular flexibility index (Phi) is 4.24. The second-order valence-corrected chi connectivity index (χ2v) is 7.22. The van der Waals surface area contributed by atoms with Gasteiger partial charge in [0.25, 0.3) is 0 Å². The van der Waals surface area contributed by atoms with Crippen LogP contribution in [0.5, 0.6) is 0 Å². The Morgan fingerprint density at radius 2 is 2.23 bits per heavy atom. The molecule has 2 heterocycles. The van der Waals surface area contributed by atoms with Crippen LogP contribution in [0.3, 0.4) is 0 Å². The highest BCUT2D eigenvalue weighted by Gasteiger charge is 2.18. The Hall–Kier alpha value is -1.76.